The molecule has 2 aromatic rings. The summed E-state index contributed by atoms with van der Waals surface area (Å²) in [4.78, 5) is 15.4. The van der Waals surface area contributed by atoms with Crippen LogP contribution in [0.2, 0.25) is 0 Å². The molecule has 1 fully saturated rings. The average Bonchev–Trinajstić information content (AvgIpc) is 3.06. The maximum Gasteiger partial charge on any atom is 0.424 e. The van der Waals surface area contributed by atoms with E-state index in [9.17, 15) is 27.5 Å². The Kier molecular flexibility index (Phi) is 7.57. The molecule has 202 valence electrons. The highest BCUT2D eigenvalue weighted by Crippen LogP contribution is 2.54. The summed E-state index contributed by atoms with van der Waals surface area (Å²) in [7, 11) is 0. The Morgan fingerprint density at radius 2 is 1.74 bits per heavy atom. The quantitative estimate of drug-likeness (QED) is 0.441. The monoisotopic (exact) mass is 529 g/mol. The second kappa shape index (κ2) is 10.4. The second-order valence-corrected chi connectivity index (χ2v) is 9.90. The standard InChI is InChI=1S/C30H31F4NO3/c1-4-26-22(17-23-18-28(3,31)29(23,37)30(32,33)34)15-16-25(38-24-13-9-6-10-14-24)19-35(26)27(36)20(2)21-11-7-5-8-12-21/h4-14,17-18,20,25,37H,15-16,19H2,1-3H3/b22-17-,26-4+/t20-,25-,28?,29?/m1/s1. The minimum absolute atomic E-state index is 0.172. The van der Waals surface area contributed by atoms with Gasteiger partial charge in [0, 0.05) is 5.70 Å². The Balaban J connectivity index is 1.74. The molecule has 1 N–H and O–H groups in total. The van der Waals surface area contributed by atoms with Crippen molar-refractivity contribution in [3.63, 3.8) is 0 Å². The van der Waals surface area contributed by atoms with Gasteiger partial charge < -0.3 is 14.7 Å². The SMILES string of the molecule is C/C=C1\C(=C/C2=CC(C)(F)C2(O)C(F)(F)F)CC[C@@H](Oc2ccccc2)CN1C(=O)[C@H](C)c1ccccc1. The Bertz CT molecular complexity index is 1250. The van der Waals surface area contributed by atoms with E-state index in [0.717, 1.165) is 11.6 Å². The summed E-state index contributed by atoms with van der Waals surface area (Å²) >= 11 is 0. The zero-order valence-electron chi connectivity index (χ0n) is 21.5. The number of carbonyl (C=O) groups excluding carboxylic acids is 1. The fourth-order valence-corrected chi connectivity index (χ4v) is 5.09. The highest BCUT2D eigenvalue weighted by Gasteiger charge is 2.71. The van der Waals surface area contributed by atoms with E-state index in [2.05, 4.69) is 0 Å². The maximum atomic E-state index is 14.6. The van der Waals surface area contributed by atoms with Crippen LogP contribution in [-0.4, -0.2) is 46.0 Å². The van der Waals surface area contributed by atoms with Gasteiger partial charge >= 0.3 is 6.18 Å². The lowest BCUT2D eigenvalue weighted by Gasteiger charge is -2.47. The number of alkyl halides is 4. The van der Waals surface area contributed by atoms with Crippen molar-refractivity contribution in [1.82, 2.24) is 4.90 Å². The predicted molar refractivity (Wildman–Crippen MR) is 137 cm³/mol. The van der Waals surface area contributed by atoms with E-state index in [1.807, 2.05) is 48.5 Å². The summed E-state index contributed by atoms with van der Waals surface area (Å²) in [6, 6.07) is 18.3. The van der Waals surface area contributed by atoms with Crippen molar-refractivity contribution in [2.75, 3.05) is 6.54 Å². The van der Waals surface area contributed by atoms with Gasteiger partial charge in [-0.25, -0.2) is 4.39 Å². The van der Waals surface area contributed by atoms with Gasteiger partial charge in [-0.3, -0.25) is 4.79 Å². The molecular weight excluding hydrogens is 498 g/mol. The molecule has 8 heteroatoms. The Labute approximate surface area is 219 Å². The molecule has 1 heterocycles. The fourth-order valence-electron chi connectivity index (χ4n) is 5.09. The van der Waals surface area contributed by atoms with Crippen molar-refractivity contribution in [3.8, 4) is 5.75 Å². The molecule has 0 aromatic heterocycles. The molecule has 2 aliphatic rings. The van der Waals surface area contributed by atoms with Gasteiger partial charge in [0.2, 0.25) is 11.5 Å². The summed E-state index contributed by atoms with van der Waals surface area (Å²) < 4.78 is 62.2. The van der Waals surface area contributed by atoms with Crippen molar-refractivity contribution >= 4 is 5.91 Å². The number of ether oxygens (including phenoxy) is 1. The van der Waals surface area contributed by atoms with Crippen LogP contribution in [-0.2, 0) is 4.79 Å². The van der Waals surface area contributed by atoms with E-state index in [0.29, 0.717) is 30.4 Å². The van der Waals surface area contributed by atoms with Crippen molar-refractivity contribution in [3.05, 3.63) is 101 Å². The molecule has 1 aliphatic carbocycles. The third-order valence-corrected chi connectivity index (χ3v) is 7.29. The molecule has 4 nitrogen and oxygen atoms in total. The van der Waals surface area contributed by atoms with Gasteiger partial charge in [-0.15, -0.1) is 0 Å². The molecule has 38 heavy (non-hydrogen) atoms. The zero-order valence-corrected chi connectivity index (χ0v) is 21.5. The van der Waals surface area contributed by atoms with Gasteiger partial charge in [-0.2, -0.15) is 13.2 Å². The van der Waals surface area contributed by atoms with Crippen LogP contribution in [0.4, 0.5) is 17.6 Å². The number of likely N-dealkylation sites (tertiary alicyclic amines) is 1. The maximum absolute atomic E-state index is 14.6. The van der Waals surface area contributed by atoms with E-state index in [4.69, 9.17) is 4.74 Å². The molecule has 0 radical (unpaired) electrons. The van der Waals surface area contributed by atoms with Crippen molar-refractivity contribution in [1.29, 1.82) is 0 Å². The Hall–Kier alpha value is -3.39. The summed E-state index contributed by atoms with van der Waals surface area (Å²) in [5.41, 5.74) is -5.57. The van der Waals surface area contributed by atoms with Gasteiger partial charge in [0.25, 0.3) is 0 Å². The van der Waals surface area contributed by atoms with E-state index < -0.39 is 35.0 Å². The number of nitrogens with zero attached hydrogens (tertiary/aromatic N) is 1. The van der Waals surface area contributed by atoms with Gasteiger partial charge in [-0.05, 0) is 68.5 Å². The van der Waals surface area contributed by atoms with E-state index in [1.54, 1.807) is 32.1 Å². The molecule has 0 saturated carbocycles. The van der Waals surface area contributed by atoms with Gasteiger partial charge in [0.1, 0.15) is 11.9 Å². The number of amides is 1. The lowest BCUT2D eigenvalue weighted by molar-refractivity contribution is -0.285. The molecule has 1 saturated heterocycles. The lowest BCUT2D eigenvalue weighted by Crippen LogP contribution is -2.65. The molecule has 4 atom stereocenters. The third-order valence-electron chi connectivity index (χ3n) is 7.29. The Morgan fingerprint density at radius 1 is 1.13 bits per heavy atom. The third kappa shape index (κ3) is 5.01. The Morgan fingerprint density at radius 3 is 2.29 bits per heavy atom. The normalized spacial score (nSPS) is 28.9. The van der Waals surface area contributed by atoms with Crippen molar-refractivity contribution in [2.45, 2.75) is 63.1 Å². The first-order valence-corrected chi connectivity index (χ1v) is 12.6. The number of hydrogen-bond donors (Lipinski definition) is 1. The van der Waals surface area contributed by atoms with E-state index >= 15 is 0 Å². The van der Waals surface area contributed by atoms with Crippen LogP contribution < -0.4 is 4.74 Å². The highest BCUT2D eigenvalue weighted by atomic mass is 19.4. The molecule has 1 aliphatic heterocycles. The van der Waals surface area contributed by atoms with Gasteiger partial charge in [0.15, 0.2) is 5.67 Å². The topological polar surface area (TPSA) is 49.8 Å². The number of benzene rings is 2. The second-order valence-electron chi connectivity index (χ2n) is 9.90. The smallest absolute Gasteiger partial charge is 0.424 e. The number of aliphatic hydroxyl groups is 1. The molecule has 4 rings (SSSR count). The number of rotatable bonds is 5. The molecule has 2 unspecified atom stereocenters. The van der Waals surface area contributed by atoms with Crippen LogP contribution >= 0.6 is 0 Å². The number of allylic oxidation sites excluding steroid dienone is 2. The highest BCUT2D eigenvalue weighted by molar-refractivity contribution is 5.85. The van der Waals surface area contributed by atoms with Gasteiger partial charge in [-0.1, -0.05) is 60.7 Å². The first-order chi connectivity index (χ1) is 17.9. The lowest BCUT2D eigenvalue weighted by atomic mass is 9.67. The minimum Gasteiger partial charge on any atom is -0.489 e. The zero-order chi connectivity index (χ0) is 27.7. The first kappa shape index (κ1) is 27.6. The predicted octanol–water partition coefficient (Wildman–Crippen LogP) is 6.65. The fraction of sp³-hybridized carbons (Fsp3) is 0.367. The van der Waals surface area contributed by atoms with Crippen LogP contribution in [0.3, 0.4) is 0 Å². The summed E-state index contributed by atoms with van der Waals surface area (Å²) in [5, 5.41) is 10.4. The summed E-state index contributed by atoms with van der Waals surface area (Å²) in [6.45, 7) is 4.34. The minimum atomic E-state index is -5.21. The average molecular weight is 530 g/mol. The molecular formula is C30H31F4NO3. The molecule has 1 amide bonds. The van der Waals surface area contributed by atoms with Crippen LogP contribution in [0, 0.1) is 0 Å². The summed E-state index contributed by atoms with van der Waals surface area (Å²) in [5.74, 6) is -0.174. The largest absolute Gasteiger partial charge is 0.489 e. The number of carbonyl (C=O) groups is 1. The van der Waals surface area contributed by atoms with E-state index in [1.165, 1.54) is 11.0 Å². The molecule has 0 spiro atoms. The first-order valence-electron chi connectivity index (χ1n) is 12.6. The van der Waals surface area contributed by atoms with Crippen LogP contribution in [0.25, 0.3) is 0 Å². The van der Waals surface area contributed by atoms with E-state index in [-0.39, 0.29) is 18.9 Å². The molecule has 2 aromatic carbocycles. The summed E-state index contributed by atoms with van der Waals surface area (Å²) in [6.07, 6.45) is -1.40. The van der Waals surface area contributed by atoms with Gasteiger partial charge in [0.05, 0.1) is 12.5 Å². The molecule has 0 bridgehead atoms. The van der Waals surface area contributed by atoms with Crippen LogP contribution in [0.5, 0.6) is 5.75 Å². The number of para-hydroxylation sites is 1. The van der Waals surface area contributed by atoms with Crippen molar-refractivity contribution < 1.29 is 32.2 Å². The van der Waals surface area contributed by atoms with Crippen molar-refractivity contribution in [2.24, 2.45) is 0 Å². The van der Waals surface area contributed by atoms with Crippen LogP contribution in [0.15, 0.2) is 95.7 Å². The number of hydrogen-bond acceptors (Lipinski definition) is 3. The van der Waals surface area contributed by atoms with Crippen LogP contribution in [0.1, 0.15) is 45.1 Å². The number of halogens is 4.